The molecule has 0 spiro atoms. The molecule has 6 heteroatoms. The van der Waals surface area contributed by atoms with Crippen LogP contribution in [0, 0.1) is 0 Å². The molecular weight excluding hydrogens is 197 g/mol. The molecule has 14 heavy (non-hydrogen) atoms. The van der Waals surface area contributed by atoms with Gasteiger partial charge in [0.1, 0.15) is 6.04 Å². The van der Waals surface area contributed by atoms with Crippen LogP contribution in [0.3, 0.4) is 0 Å². The molecule has 0 bridgehead atoms. The van der Waals surface area contributed by atoms with Crippen LogP contribution in [-0.2, 0) is 4.79 Å². The standard InChI is InChI=1S/C8H13F3N2O/c1-5(8(9,10)11)13-7(14)6-3-2-4-12-6/h5-6,12H,2-4H2,1H3,(H,13,14)/t5-,6?/m0/s1. The van der Waals surface area contributed by atoms with Crippen LogP contribution >= 0.6 is 0 Å². The quantitative estimate of drug-likeness (QED) is 0.708. The molecule has 2 N–H and O–H groups in total. The van der Waals surface area contributed by atoms with E-state index in [1.54, 1.807) is 0 Å². The summed E-state index contributed by atoms with van der Waals surface area (Å²) in [4.78, 5) is 11.2. The average molecular weight is 210 g/mol. The Morgan fingerprint density at radius 3 is 2.64 bits per heavy atom. The van der Waals surface area contributed by atoms with Gasteiger partial charge in [-0.2, -0.15) is 13.2 Å². The van der Waals surface area contributed by atoms with Gasteiger partial charge in [-0.3, -0.25) is 4.79 Å². The summed E-state index contributed by atoms with van der Waals surface area (Å²) < 4.78 is 36.2. The van der Waals surface area contributed by atoms with Crippen LogP contribution in [-0.4, -0.2) is 30.7 Å². The predicted octanol–water partition coefficient (Wildman–Crippen LogP) is 0.805. The van der Waals surface area contributed by atoms with Crippen LogP contribution in [0.1, 0.15) is 19.8 Å². The molecule has 1 heterocycles. The molecule has 3 nitrogen and oxygen atoms in total. The molecule has 1 amide bonds. The zero-order chi connectivity index (χ0) is 10.8. The molecule has 0 aliphatic carbocycles. The zero-order valence-corrected chi connectivity index (χ0v) is 7.82. The first-order valence-corrected chi connectivity index (χ1v) is 4.51. The second-order valence-corrected chi connectivity index (χ2v) is 3.42. The summed E-state index contributed by atoms with van der Waals surface area (Å²) in [7, 11) is 0. The van der Waals surface area contributed by atoms with Crippen LogP contribution in [0.15, 0.2) is 0 Å². The molecule has 0 radical (unpaired) electrons. The van der Waals surface area contributed by atoms with Crippen LogP contribution in [0.25, 0.3) is 0 Å². The van der Waals surface area contributed by atoms with E-state index in [9.17, 15) is 18.0 Å². The first-order valence-electron chi connectivity index (χ1n) is 4.51. The summed E-state index contributed by atoms with van der Waals surface area (Å²) in [5.74, 6) is -0.563. The monoisotopic (exact) mass is 210 g/mol. The van der Waals surface area contributed by atoms with Gasteiger partial charge in [-0.25, -0.2) is 0 Å². The summed E-state index contributed by atoms with van der Waals surface area (Å²) in [6, 6.07) is -2.24. The van der Waals surface area contributed by atoms with Crippen molar-refractivity contribution in [2.75, 3.05) is 6.54 Å². The van der Waals surface area contributed by atoms with E-state index in [0.29, 0.717) is 13.0 Å². The number of hydrogen-bond donors (Lipinski definition) is 2. The highest BCUT2D eigenvalue weighted by atomic mass is 19.4. The lowest BCUT2D eigenvalue weighted by molar-refractivity contribution is -0.158. The highest BCUT2D eigenvalue weighted by Gasteiger charge is 2.38. The Kier molecular flexibility index (Phi) is 3.36. The van der Waals surface area contributed by atoms with Crippen LogP contribution < -0.4 is 10.6 Å². The van der Waals surface area contributed by atoms with Gasteiger partial charge in [0.25, 0.3) is 0 Å². The van der Waals surface area contributed by atoms with Crippen LogP contribution in [0.5, 0.6) is 0 Å². The van der Waals surface area contributed by atoms with Crippen molar-refractivity contribution in [3.05, 3.63) is 0 Å². The average Bonchev–Trinajstić information content (AvgIpc) is 2.53. The van der Waals surface area contributed by atoms with E-state index in [0.717, 1.165) is 13.3 Å². The summed E-state index contributed by atoms with van der Waals surface area (Å²) >= 11 is 0. The first-order chi connectivity index (χ1) is 6.41. The molecule has 0 aromatic carbocycles. The Balaban J connectivity index is 2.40. The van der Waals surface area contributed by atoms with Gasteiger partial charge in [-0.05, 0) is 26.3 Å². The lowest BCUT2D eigenvalue weighted by Crippen LogP contribution is -2.49. The maximum Gasteiger partial charge on any atom is 0.408 e. The Morgan fingerprint density at radius 1 is 1.57 bits per heavy atom. The van der Waals surface area contributed by atoms with Crippen molar-refractivity contribution in [2.45, 2.75) is 38.0 Å². The highest BCUT2D eigenvalue weighted by molar-refractivity contribution is 5.82. The van der Waals surface area contributed by atoms with Crippen molar-refractivity contribution >= 4 is 5.91 Å². The molecule has 1 unspecified atom stereocenters. The van der Waals surface area contributed by atoms with E-state index in [1.165, 1.54) is 0 Å². The molecule has 0 aromatic rings. The van der Waals surface area contributed by atoms with E-state index >= 15 is 0 Å². The third-order valence-electron chi connectivity index (χ3n) is 2.23. The Morgan fingerprint density at radius 2 is 2.21 bits per heavy atom. The van der Waals surface area contributed by atoms with E-state index < -0.39 is 24.2 Å². The fraction of sp³-hybridized carbons (Fsp3) is 0.875. The van der Waals surface area contributed by atoms with Gasteiger partial charge in [-0.1, -0.05) is 0 Å². The smallest absolute Gasteiger partial charge is 0.343 e. The van der Waals surface area contributed by atoms with Crippen LogP contribution in [0.4, 0.5) is 13.2 Å². The summed E-state index contributed by atoms with van der Waals surface area (Å²) in [5.41, 5.74) is 0. The minimum absolute atomic E-state index is 0.459. The normalized spacial score (nSPS) is 24.7. The van der Waals surface area contributed by atoms with Crippen molar-refractivity contribution in [1.29, 1.82) is 0 Å². The van der Waals surface area contributed by atoms with E-state index in [-0.39, 0.29) is 0 Å². The van der Waals surface area contributed by atoms with Crippen molar-refractivity contribution in [2.24, 2.45) is 0 Å². The van der Waals surface area contributed by atoms with Crippen molar-refractivity contribution in [3.8, 4) is 0 Å². The Labute approximate surface area is 80.0 Å². The third kappa shape index (κ3) is 2.87. The van der Waals surface area contributed by atoms with Crippen molar-refractivity contribution in [3.63, 3.8) is 0 Å². The van der Waals surface area contributed by atoms with Crippen molar-refractivity contribution < 1.29 is 18.0 Å². The van der Waals surface area contributed by atoms with Crippen LogP contribution in [0.2, 0.25) is 0 Å². The number of alkyl halides is 3. The number of nitrogens with one attached hydrogen (secondary N) is 2. The van der Waals surface area contributed by atoms with Gasteiger partial charge in [0.05, 0.1) is 6.04 Å². The minimum Gasteiger partial charge on any atom is -0.343 e. The molecule has 0 saturated carbocycles. The van der Waals surface area contributed by atoms with Gasteiger partial charge >= 0.3 is 6.18 Å². The molecule has 1 aliphatic rings. The number of hydrogen-bond acceptors (Lipinski definition) is 2. The molecular formula is C8H13F3N2O. The maximum absolute atomic E-state index is 12.1. The molecule has 1 fully saturated rings. The maximum atomic E-state index is 12.1. The number of halogens is 3. The molecule has 0 aromatic heterocycles. The predicted molar refractivity (Wildman–Crippen MR) is 44.7 cm³/mol. The second-order valence-electron chi connectivity index (χ2n) is 3.42. The third-order valence-corrected chi connectivity index (χ3v) is 2.23. The van der Waals surface area contributed by atoms with Gasteiger partial charge in [0.15, 0.2) is 0 Å². The first kappa shape index (κ1) is 11.3. The van der Waals surface area contributed by atoms with E-state index in [1.807, 2.05) is 5.32 Å². The molecule has 82 valence electrons. The minimum atomic E-state index is -4.37. The zero-order valence-electron chi connectivity index (χ0n) is 7.82. The molecule has 1 saturated heterocycles. The lowest BCUT2D eigenvalue weighted by Gasteiger charge is -2.19. The number of carbonyl (C=O) groups is 1. The Bertz CT molecular complexity index is 211. The second kappa shape index (κ2) is 4.16. The molecule has 1 rings (SSSR count). The number of carbonyl (C=O) groups excluding carboxylic acids is 1. The SMILES string of the molecule is C[C@H](NC(=O)C1CCCN1)C(F)(F)F. The fourth-order valence-corrected chi connectivity index (χ4v) is 1.30. The van der Waals surface area contributed by atoms with E-state index in [2.05, 4.69) is 5.32 Å². The fourth-order valence-electron chi connectivity index (χ4n) is 1.30. The lowest BCUT2D eigenvalue weighted by atomic mass is 10.2. The Hall–Kier alpha value is -0.780. The summed E-state index contributed by atoms with van der Waals surface area (Å²) in [5, 5.41) is 4.77. The topological polar surface area (TPSA) is 41.1 Å². The largest absolute Gasteiger partial charge is 0.408 e. The van der Waals surface area contributed by atoms with E-state index in [4.69, 9.17) is 0 Å². The summed E-state index contributed by atoms with van der Waals surface area (Å²) in [6.45, 7) is 1.63. The van der Waals surface area contributed by atoms with Crippen molar-refractivity contribution in [1.82, 2.24) is 10.6 Å². The number of rotatable bonds is 2. The van der Waals surface area contributed by atoms with Gasteiger partial charge in [-0.15, -0.1) is 0 Å². The molecule has 2 atom stereocenters. The number of amides is 1. The van der Waals surface area contributed by atoms with Gasteiger partial charge in [0.2, 0.25) is 5.91 Å². The van der Waals surface area contributed by atoms with Gasteiger partial charge in [0, 0.05) is 0 Å². The molecule has 1 aliphatic heterocycles. The highest BCUT2D eigenvalue weighted by Crippen LogP contribution is 2.19. The van der Waals surface area contributed by atoms with Gasteiger partial charge < -0.3 is 10.6 Å². The summed E-state index contributed by atoms with van der Waals surface area (Å²) in [6.07, 6.45) is -2.93.